The quantitative estimate of drug-likeness (QED) is 0.569. The standard InChI is InChI=1S/C14H12N4OS2/c15-10(19)7-21-14-17-12(16)11-9(6-20-13(11)18-14)8-4-2-1-3-5-8/h1-6H,7H2,(H2,15,19)(H2,16,17,18). The molecule has 1 aromatic carbocycles. The number of carbonyl (C=O) groups is 1. The summed E-state index contributed by atoms with van der Waals surface area (Å²) in [6.07, 6.45) is 0. The lowest BCUT2D eigenvalue weighted by Crippen LogP contribution is -2.13. The molecule has 1 amide bonds. The highest BCUT2D eigenvalue weighted by molar-refractivity contribution is 7.99. The number of nitrogen functional groups attached to an aromatic ring is 1. The predicted molar refractivity (Wildman–Crippen MR) is 87.2 cm³/mol. The van der Waals surface area contributed by atoms with Crippen molar-refractivity contribution in [2.75, 3.05) is 11.5 Å². The number of fused-ring (bicyclic) bond motifs is 1. The van der Waals surface area contributed by atoms with Crippen molar-refractivity contribution in [1.29, 1.82) is 0 Å². The zero-order valence-corrected chi connectivity index (χ0v) is 12.6. The summed E-state index contributed by atoms with van der Waals surface area (Å²) in [5.41, 5.74) is 13.3. The van der Waals surface area contributed by atoms with E-state index < -0.39 is 5.91 Å². The van der Waals surface area contributed by atoms with Gasteiger partial charge in [-0.25, -0.2) is 9.97 Å². The fourth-order valence-electron chi connectivity index (χ4n) is 1.98. The van der Waals surface area contributed by atoms with Crippen LogP contribution in [-0.4, -0.2) is 21.6 Å². The Morgan fingerprint density at radius 1 is 1.24 bits per heavy atom. The summed E-state index contributed by atoms with van der Waals surface area (Å²) in [4.78, 5) is 20.3. The highest BCUT2D eigenvalue weighted by atomic mass is 32.2. The number of rotatable bonds is 4. The van der Waals surface area contributed by atoms with Crippen LogP contribution >= 0.6 is 23.1 Å². The van der Waals surface area contributed by atoms with Crippen LogP contribution in [0, 0.1) is 0 Å². The third kappa shape index (κ3) is 2.84. The summed E-state index contributed by atoms with van der Waals surface area (Å²) in [7, 11) is 0. The smallest absolute Gasteiger partial charge is 0.227 e. The lowest BCUT2D eigenvalue weighted by molar-refractivity contribution is -0.115. The molecule has 5 nitrogen and oxygen atoms in total. The van der Waals surface area contributed by atoms with Gasteiger partial charge in [0.1, 0.15) is 10.6 Å². The Kier molecular flexibility index (Phi) is 3.76. The van der Waals surface area contributed by atoms with Crippen LogP contribution < -0.4 is 11.5 Å². The number of hydrogen-bond donors (Lipinski definition) is 2. The summed E-state index contributed by atoms with van der Waals surface area (Å²) < 4.78 is 0. The summed E-state index contributed by atoms with van der Waals surface area (Å²) in [5, 5.41) is 3.35. The molecule has 3 aromatic rings. The summed E-state index contributed by atoms with van der Waals surface area (Å²) >= 11 is 2.70. The van der Waals surface area contributed by atoms with Crippen molar-refractivity contribution < 1.29 is 4.79 Å². The van der Waals surface area contributed by atoms with Crippen LogP contribution in [0.5, 0.6) is 0 Å². The van der Waals surface area contributed by atoms with Crippen LogP contribution in [0.15, 0.2) is 40.9 Å². The highest BCUT2D eigenvalue weighted by Gasteiger charge is 2.14. The molecule has 0 saturated heterocycles. The van der Waals surface area contributed by atoms with E-state index in [0.717, 1.165) is 21.3 Å². The number of aromatic nitrogens is 2. The third-order valence-electron chi connectivity index (χ3n) is 2.87. The molecule has 0 radical (unpaired) electrons. The van der Waals surface area contributed by atoms with Gasteiger partial charge in [0, 0.05) is 10.9 Å². The second-order valence-electron chi connectivity index (χ2n) is 4.34. The van der Waals surface area contributed by atoms with Gasteiger partial charge in [-0.2, -0.15) is 0 Å². The molecule has 0 fully saturated rings. The van der Waals surface area contributed by atoms with Gasteiger partial charge < -0.3 is 11.5 Å². The van der Waals surface area contributed by atoms with Gasteiger partial charge in [-0.1, -0.05) is 42.1 Å². The predicted octanol–water partition coefficient (Wildman–Crippen LogP) is 2.52. The Labute approximate surface area is 129 Å². The molecule has 0 atom stereocenters. The first kappa shape index (κ1) is 13.8. The number of thioether (sulfide) groups is 1. The molecule has 4 N–H and O–H groups in total. The minimum atomic E-state index is -0.404. The lowest BCUT2D eigenvalue weighted by atomic mass is 10.1. The van der Waals surface area contributed by atoms with E-state index in [1.807, 2.05) is 35.7 Å². The molecule has 2 heterocycles. The molecule has 2 aromatic heterocycles. The van der Waals surface area contributed by atoms with Crippen LogP contribution in [0.25, 0.3) is 21.3 Å². The molecular weight excluding hydrogens is 304 g/mol. The van der Waals surface area contributed by atoms with Gasteiger partial charge in [-0.3, -0.25) is 4.79 Å². The van der Waals surface area contributed by atoms with E-state index in [-0.39, 0.29) is 5.75 Å². The molecule has 21 heavy (non-hydrogen) atoms. The number of thiophene rings is 1. The van der Waals surface area contributed by atoms with Crippen LogP contribution in [0.1, 0.15) is 0 Å². The largest absolute Gasteiger partial charge is 0.383 e. The van der Waals surface area contributed by atoms with E-state index in [0.29, 0.717) is 11.0 Å². The van der Waals surface area contributed by atoms with Crippen LogP contribution in [0.2, 0.25) is 0 Å². The molecule has 0 aliphatic rings. The highest BCUT2D eigenvalue weighted by Crippen LogP contribution is 2.36. The molecule has 0 aliphatic carbocycles. The Morgan fingerprint density at radius 2 is 2.00 bits per heavy atom. The molecule has 0 unspecified atom stereocenters. The number of hydrogen-bond acceptors (Lipinski definition) is 6. The first-order valence-electron chi connectivity index (χ1n) is 6.16. The van der Waals surface area contributed by atoms with Crippen molar-refractivity contribution in [3.8, 4) is 11.1 Å². The first-order valence-corrected chi connectivity index (χ1v) is 8.03. The molecule has 0 spiro atoms. The maximum Gasteiger partial charge on any atom is 0.227 e. The van der Waals surface area contributed by atoms with Crippen LogP contribution in [-0.2, 0) is 4.79 Å². The van der Waals surface area contributed by atoms with Crippen molar-refractivity contribution in [2.24, 2.45) is 5.73 Å². The fourth-order valence-corrected chi connectivity index (χ4v) is 3.58. The van der Waals surface area contributed by atoms with Gasteiger partial charge in [0.05, 0.1) is 11.1 Å². The molecule has 0 aliphatic heterocycles. The number of nitrogens with two attached hydrogens (primary N) is 2. The fraction of sp³-hybridized carbons (Fsp3) is 0.0714. The Bertz CT molecular complexity index is 801. The average Bonchev–Trinajstić information content (AvgIpc) is 2.90. The van der Waals surface area contributed by atoms with Crippen LogP contribution in [0.3, 0.4) is 0 Å². The van der Waals surface area contributed by atoms with Crippen molar-refractivity contribution in [1.82, 2.24) is 9.97 Å². The lowest BCUT2D eigenvalue weighted by Gasteiger charge is -2.04. The topological polar surface area (TPSA) is 94.9 Å². The van der Waals surface area contributed by atoms with Crippen molar-refractivity contribution >= 4 is 45.0 Å². The monoisotopic (exact) mass is 316 g/mol. The van der Waals surface area contributed by atoms with Gasteiger partial charge in [0.15, 0.2) is 5.16 Å². The third-order valence-corrected chi connectivity index (χ3v) is 4.61. The van der Waals surface area contributed by atoms with Crippen molar-refractivity contribution in [3.05, 3.63) is 35.7 Å². The normalized spacial score (nSPS) is 10.9. The Morgan fingerprint density at radius 3 is 2.71 bits per heavy atom. The van der Waals surface area contributed by atoms with Gasteiger partial charge in [0.2, 0.25) is 5.91 Å². The second kappa shape index (κ2) is 5.71. The Hall–Kier alpha value is -2.12. The molecule has 106 valence electrons. The van der Waals surface area contributed by atoms with Gasteiger partial charge >= 0.3 is 0 Å². The van der Waals surface area contributed by atoms with E-state index in [9.17, 15) is 4.79 Å². The minimum Gasteiger partial charge on any atom is -0.383 e. The number of anilines is 1. The first-order chi connectivity index (χ1) is 10.1. The second-order valence-corrected chi connectivity index (χ2v) is 6.14. The number of amides is 1. The van der Waals surface area contributed by atoms with Gasteiger partial charge in [0.25, 0.3) is 0 Å². The summed E-state index contributed by atoms with van der Waals surface area (Å²) in [5.74, 6) is 0.160. The maximum atomic E-state index is 10.8. The number of benzene rings is 1. The molecule has 3 rings (SSSR count). The number of nitrogens with zero attached hydrogens (tertiary/aromatic N) is 2. The molecule has 7 heteroatoms. The van der Waals surface area contributed by atoms with E-state index in [2.05, 4.69) is 9.97 Å². The number of carbonyl (C=O) groups excluding carboxylic acids is 1. The zero-order valence-electron chi connectivity index (χ0n) is 10.9. The van der Waals surface area contributed by atoms with E-state index >= 15 is 0 Å². The van der Waals surface area contributed by atoms with E-state index in [4.69, 9.17) is 11.5 Å². The van der Waals surface area contributed by atoms with E-state index in [1.165, 1.54) is 23.1 Å². The SMILES string of the molecule is NC(=O)CSc1nc(N)c2c(-c3ccccc3)csc2n1. The maximum absolute atomic E-state index is 10.8. The minimum absolute atomic E-state index is 0.141. The van der Waals surface area contributed by atoms with Crippen molar-refractivity contribution in [3.63, 3.8) is 0 Å². The van der Waals surface area contributed by atoms with E-state index in [1.54, 1.807) is 0 Å². The molecule has 0 saturated carbocycles. The Balaban J connectivity index is 2.05. The summed E-state index contributed by atoms with van der Waals surface area (Å²) in [6.45, 7) is 0. The van der Waals surface area contributed by atoms with Crippen LogP contribution in [0.4, 0.5) is 5.82 Å². The zero-order chi connectivity index (χ0) is 14.8. The van der Waals surface area contributed by atoms with Gasteiger partial charge in [-0.05, 0) is 5.56 Å². The summed E-state index contributed by atoms with van der Waals surface area (Å²) in [6, 6.07) is 9.98. The van der Waals surface area contributed by atoms with Crippen molar-refractivity contribution in [2.45, 2.75) is 5.16 Å². The van der Waals surface area contributed by atoms with Gasteiger partial charge in [-0.15, -0.1) is 11.3 Å². The molecule has 0 bridgehead atoms. The number of primary amides is 1. The molecular formula is C14H12N4OS2. The average molecular weight is 316 g/mol.